The second-order valence-corrected chi connectivity index (χ2v) is 7.64. The molecular formula is C20H20N4O2S. The Kier molecular flexibility index (Phi) is 4.53. The molecule has 0 saturated carbocycles. The minimum atomic E-state index is -1.32. The number of rotatable bonds is 5. The molecule has 6 nitrogen and oxygen atoms in total. The second-order valence-electron chi connectivity index (χ2n) is 6.29. The highest BCUT2D eigenvalue weighted by Crippen LogP contribution is 2.24. The van der Waals surface area contributed by atoms with E-state index in [2.05, 4.69) is 16.0 Å². The molecule has 0 spiro atoms. The molecule has 0 aliphatic rings. The second kappa shape index (κ2) is 7.00. The smallest absolute Gasteiger partial charge is 0.200 e. The van der Waals surface area contributed by atoms with Crippen molar-refractivity contribution in [1.82, 2.24) is 19.1 Å². The molecule has 0 aliphatic carbocycles. The lowest BCUT2D eigenvalue weighted by Gasteiger charge is -2.09. The molecule has 0 N–H and O–H groups in total. The van der Waals surface area contributed by atoms with Gasteiger partial charge in [-0.15, -0.1) is 0 Å². The number of fused-ring (bicyclic) bond motifs is 1. The van der Waals surface area contributed by atoms with E-state index in [1.165, 1.54) is 0 Å². The molecule has 1 unspecified atom stereocenters. The molecule has 3 aromatic heterocycles. The van der Waals surface area contributed by atoms with Gasteiger partial charge in [0.25, 0.3) is 0 Å². The van der Waals surface area contributed by atoms with E-state index in [0.717, 1.165) is 33.7 Å². The van der Waals surface area contributed by atoms with E-state index in [1.54, 1.807) is 19.4 Å². The van der Waals surface area contributed by atoms with E-state index in [-0.39, 0.29) is 0 Å². The Balaban J connectivity index is 1.69. The van der Waals surface area contributed by atoms with E-state index in [1.807, 2.05) is 59.8 Å². The van der Waals surface area contributed by atoms with Crippen molar-refractivity contribution in [1.29, 1.82) is 0 Å². The maximum absolute atomic E-state index is 13.0. The third-order valence-electron chi connectivity index (χ3n) is 4.68. The zero-order valence-electron chi connectivity index (χ0n) is 15.4. The largest absolute Gasteiger partial charge is 0.496 e. The summed E-state index contributed by atoms with van der Waals surface area (Å²) in [5, 5.41) is 0.540. The van der Waals surface area contributed by atoms with Gasteiger partial charge in [0.05, 0.1) is 40.4 Å². The first-order chi connectivity index (χ1) is 13.1. The quantitative estimate of drug-likeness (QED) is 0.532. The van der Waals surface area contributed by atoms with Crippen molar-refractivity contribution in [3.8, 4) is 11.4 Å². The van der Waals surface area contributed by atoms with Crippen LogP contribution in [0.3, 0.4) is 0 Å². The highest BCUT2D eigenvalue weighted by molar-refractivity contribution is 7.84. The van der Waals surface area contributed by atoms with Crippen molar-refractivity contribution in [3.05, 3.63) is 66.2 Å². The Morgan fingerprint density at radius 1 is 1.19 bits per heavy atom. The average molecular weight is 380 g/mol. The van der Waals surface area contributed by atoms with Gasteiger partial charge in [-0.25, -0.2) is 4.98 Å². The predicted molar refractivity (Wildman–Crippen MR) is 106 cm³/mol. The molecule has 1 atom stereocenters. The fourth-order valence-electron chi connectivity index (χ4n) is 3.14. The summed E-state index contributed by atoms with van der Waals surface area (Å²) in [4.78, 5) is 8.97. The Morgan fingerprint density at radius 3 is 2.70 bits per heavy atom. The van der Waals surface area contributed by atoms with Crippen LogP contribution < -0.4 is 4.74 Å². The van der Waals surface area contributed by atoms with Gasteiger partial charge in [0.15, 0.2) is 5.16 Å². The molecule has 3 heterocycles. The van der Waals surface area contributed by atoms with Gasteiger partial charge in [0.1, 0.15) is 5.75 Å². The van der Waals surface area contributed by atoms with Gasteiger partial charge in [-0.1, -0.05) is 0 Å². The van der Waals surface area contributed by atoms with Gasteiger partial charge in [-0.2, -0.15) is 0 Å². The van der Waals surface area contributed by atoms with Gasteiger partial charge in [0.2, 0.25) is 0 Å². The topological polar surface area (TPSA) is 61.9 Å². The Labute approximate surface area is 159 Å². The number of aromatic nitrogens is 4. The van der Waals surface area contributed by atoms with Crippen molar-refractivity contribution >= 4 is 21.8 Å². The SMILES string of the molecule is COc1ccnc(CS(=O)c2nc3ccc(-n4cccc4)cc3n2C)c1C. The summed E-state index contributed by atoms with van der Waals surface area (Å²) in [7, 11) is 2.20. The van der Waals surface area contributed by atoms with Gasteiger partial charge >= 0.3 is 0 Å². The van der Waals surface area contributed by atoms with Crippen LogP contribution in [0.15, 0.2) is 60.1 Å². The fraction of sp³-hybridized carbons (Fsp3) is 0.200. The zero-order chi connectivity index (χ0) is 19.0. The zero-order valence-corrected chi connectivity index (χ0v) is 16.2. The van der Waals surface area contributed by atoms with Crippen LogP contribution in [0.1, 0.15) is 11.3 Å². The number of hydrogen-bond donors (Lipinski definition) is 0. The minimum Gasteiger partial charge on any atom is -0.496 e. The molecule has 0 bridgehead atoms. The van der Waals surface area contributed by atoms with Crippen LogP contribution in [0.4, 0.5) is 0 Å². The van der Waals surface area contributed by atoms with Gasteiger partial charge < -0.3 is 13.9 Å². The number of methoxy groups -OCH3 is 1. The van der Waals surface area contributed by atoms with Gasteiger partial charge in [0, 0.05) is 36.9 Å². The number of hydrogen-bond acceptors (Lipinski definition) is 4. The van der Waals surface area contributed by atoms with E-state index in [4.69, 9.17) is 4.74 Å². The van der Waals surface area contributed by atoms with E-state index in [9.17, 15) is 4.21 Å². The third-order valence-corrected chi connectivity index (χ3v) is 5.98. The lowest BCUT2D eigenvalue weighted by atomic mass is 10.2. The van der Waals surface area contributed by atoms with Gasteiger partial charge in [-0.3, -0.25) is 9.19 Å². The Morgan fingerprint density at radius 2 is 1.96 bits per heavy atom. The number of benzene rings is 1. The van der Waals surface area contributed by atoms with Crippen LogP contribution in [-0.4, -0.2) is 30.4 Å². The van der Waals surface area contributed by atoms with E-state index < -0.39 is 10.8 Å². The molecule has 0 amide bonds. The summed E-state index contributed by atoms with van der Waals surface area (Å²) < 4.78 is 22.3. The summed E-state index contributed by atoms with van der Waals surface area (Å²) >= 11 is 0. The molecule has 0 aliphatic heterocycles. The summed E-state index contributed by atoms with van der Waals surface area (Å²) in [5.41, 5.74) is 4.47. The minimum absolute atomic E-state index is 0.296. The first kappa shape index (κ1) is 17.5. The Hall–Kier alpha value is -2.93. The molecule has 4 rings (SSSR count). The molecule has 0 saturated heterocycles. The summed E-state index contributed by atoms with van der Waals surface area (Å²) in [6.07, 6.45) is 5.66. The highest BCUT2D eigenvalue weighted by Gasteiger charge is 2.17. The predicted octanol–water partition coefficient (Wildman–Crippen LogP) is 3.38. The maximum Gasteiger partial charge on any atom is 0.200 e. The molecule has 0 radical (unpaired) electrons. The van der Waals surface area contributed by atoms with Crippen LogP contribution in [0.25, 0.3) is 16.7 Å². The van der Waals surface area contributed by atoms with Crippen LogP contribution in [-0.2, 0) is 23.6 Å². The molecule has 4 aromatic rings. The molecule has 7 heteroatoms. The lowest BCUT2D eigenvalue weighted by molar-refractivity contribution is 0.410. The number of imidazole rings is 1. The van der Waals surface area contributed by atoms with Crippen molar-refractivity contribution < 1.29 is 8.95 Å². The monoisotopic (exact) mass is 380 g/mol. The number of nitrogens with zero attached hydrogens (tertiary/aromatic N) is 4. The molecule has 1 aromatic carbocycles. The molecular weight excluding hydrogens is 360 g/mol. The normalized spacial score (nSPS) is 12.4. The molecule has 27 heavy (non-hydrogen) atoms. The molecule has 138 valence electrons. The number of ether oxygens (including phenoxy) is 1. The highest BCUT2D eigenvalue weighted by atomic mass is 32.2. The summed E-state index contributed by atoms with van der Waals surface area (Å²) in [5.74, 6) is 1.04. The first-order valence-corrected chi connectivity index (χ1v) is 9.87. The standard InChI is InChI=1S/C20H20N4O2S/c1-14-17(21-9-8-19(14)26-3)13-27(25)20-22-16-7-6-15(12-18(16)23(20)2)24-10-4-5-11-24/h4-12H,13H2,1-3H3. The van der Waals surface area contributed by atoms with Crippen LogP contribution in [0, 0.1) is 6.92 Å². The number of aryl methyl sites for hydroxylation is 1. The van der Waals surface area contributed by atoms with Crippen molar-refractivity contribution in [2.45, 2.75) is 17.8 Å². The van der Waals surface area contributed by atoms with Crippen LogP contribution in [0.5, 0.6) is 5.75 Å². The average Bonchev–Trinajstić information content (AvgIpc) is 3.32. The van der Waals surface area contributed by atoms with Crippen LogP contribution >= 0.6 is 0 Å². The first-order valence-electron chi connectivity index (χ1n) is 8.55. The van der Waals surface area contributed by atoms with Crippen molar-refractivity contribution in [2.24, 2.45) is 7.05 Å². The van der Waals surface area contributed by atoms with Crippen molar-refractivity contribution in [3.63, 3.8) is 0 Å². The molecule has 0 fully saturated rings. The summed E-state index contributed by atoms with van der Waals surface area (Å²) in [6, 6.07) is 11.8. The van der Waals surface area contributed by atoms with Crippen molar-refractivity contribution in [2.75, 3.05) is 7.11 Å². The fourth-order valence-corrected chi connectivity index (χ4v) is 4.41. The van der Waals surface area contributed by atoms with E-state index >= 15 is 0 Å². The third kappa shape index (κ3) is 3.14. The maximum atomic E-state index is 13.0. The van der Waals surface area contributed by atoms with E-state index in [0.29, 0.717) is 10.9 Å². The number of pyridine rings is 1. The lowest BCUT2D eigenvalue weighted by Crippen LogP contribution is -2.07. The van der Waals surface area contributed by atoms with Crippen LogP contribution in [0.2, 0.25) is 0 Å². The summed E-state index contributed by atoms with van der Waals surface area (Å²) in [6.45, 7) is 1.93. The van der Waals surface area contributed by atoms with Gasteiger partial charge in [-0.05, 0) is 43.3 Å². The Bertz CT molecular complexity index is 1130.